The van der Waals surface area contributed by atoms with E-state index in [1.54, 1.807) is 7.11 Å². The summed E-state index contributed by atoms with van der Waals surface area (Å²) in [6.45, 7) is 4.64. The molecule has 1 heterocycles. The molecule has 0 spiro atoms. The molecule has 0 aromatic heterocycles. The van der Waals surface area contributed by atoms with Gasteiger partial charge >= 0.3 is 11.8 Å². The summed E-state index contributed by atoms with van der Waals surface area (Å²) in [5.74, 6) is -0.476. The largest absolute Gasteiger partial charge is 0.497 e. The molecule has 2 rings (SSSR count). The van der Waals surface area contributed by atoms with Crippen LogP contribution < -0.4 is 15.4 Å². The van der Waals surface area contributed by atoms with Crippen molar-refractivity contribution in [1.29, 1.82) is 0 Å². The number of methoxy groups -OCH3 is 1. The van der Waals surface area contributed by atoms with Gasteiger partial charge in [0.1, 0.15) is 5.75 Å². The molecule has 0 atom stereocenters. The summed E-state index contributed by atoms with van der Waals surface area (Å²) in [5.41, 5.74) is 0.903. The molecule has 0 saturated carbocycles. The van der Waals surface area contributed by atoms with Crippen molar-refractivity contribution in [1.82, 2.24) is 15.5 Å². The van der Waals surface area contributed by atoms with Gasteiger partial charge in [0.25, 0.3) is 0 Å². The zero-order chi connectivity index (χ0) is 16.5. The molecule has 2 amide bonds. The maximum Gasteiger partial charge on any atom is 0.309 e. The fourth-order valence-corrected chi connectivity index (χ4v) is 2.24. The van der Waals surface area contributed by atoms with Gasteiger partial charge in [0.2, 0.25) is 0 Å². The minimum absolute atomic E-state index is 0.305. The maximum atomic E-state index is 11.7. The van der Waals surface area contributed by atoms with Gasteiger partial charge in [0, 0.05) is 32.7 Å². The van der Waals surface area contributed by atoms with E-state index in [0.29, 0.717) is 13.1 Å². The number of benzene rings is 1. The molecule has 1 aromatic carbocycles. The summed E-state index contributed by atoms with van der Waals surface area (Å²) in [6, 6.07) is 7.30. The summed E-state index contributed by atoms with van der Waals surface area (Å²) < 4.78 is 10.3. The minimum atomic E-state index is -0.622. The molecule has 0 unspecified atom stereocenters. The molecule has 1 fully saturated rings. The molecule has 1 aliphatic rings. The van der Waals surface area contributed by atoms with Crippen molar-refractivity contribution in [2.75, 3.05) is 46.5 Å². The van der Waals surface area contributed by atoms with Crippen molar-refractivity contribution >= 4 is 11.8 Å². The van der Waals surface area contributed by atoms with E-state index in [2.05, 4.69) is 15.5 Å². The maximum absolute atomic E-state index is 11.7. The Bertz CT molecular complexity index is 513. The molecule has 1 saturated heterocycles. The van der Waals surface area contributed by atoms with Crippen LogP contribution in [0, 0.1) is 0 Å². The van der Waals surface area contributed by atoms with E-state index < -0.39 is 11.8 Å². The number of hydrogen-bond donors (Lipinski definition) is 2. The Morgan fingerprint density at radius 1 is 1.13 bits per heavy atom. The zero-order valence-electron chi connectivity index (χ0n) is 13.3. The first-order valence-electron chi connectivity index (χ1n) is 7.68. The molecule has 0 aliphatic carbocycles. The monoisotopic (exact) mass is 321 g/mol. The van der Waals surface area contributed by atoms with Crippen LogP contribution in [0.4, 0.5) is 0 Å². The van der Waals surface area contributed by atoms with Gasteiger partial charge in [-0.05, 0) is 17.7 Å². The summed E-state index contributed by atoms with van der Waals surface area (Å²) in [6.07, 6.45) is 0. The number of hydrogen-bond acceptors (Lipinski definition) is 5. The summed E-state index contributed by atoms with van der Waals surface area (Å²) >= 11 is 0. The van der Waals surface area contributed by atoms with Crippen molar-refractivity contribution in [2.45, 2.75) is 6.54 Å². The van der Waals surface area contributed by atoms with Gasteiger partial charge in [-0.3, -0.25) is 14.5 Å². The average Bonchev–Trinajstić information content (AvgIpc) is 2.61. The van der Waals surface area contributed by atoms with E-state index in [9.17, 15) is 9.59 Å². The third kappa shape index (κ3) is 5.88. The van der Waals surface area contributed by atoms with Crippen LogP contribution in [0.3, 0.4) is 0 Å². The van der Waals surface area contributed by atoms with Crippen molar-refractivity contribution < 1.29 is 19.1 Å². The third-order valence-corrected chi connectivity index (χ3v) is 3.64. The SMILES string of the molecule is COc1ccc(CNC(=O)C(=O)NCCN2CCOCC2)cc1. The molecule has 23 heavy (non-hydrogen) atoms. The molecular formula is C16H23N3O4. The van der Waals surface area contributed by atoms with E-state index in [-0.39, 0.29) is 0 Å². The summed E-state index contributed by atoms with van der Waals surface area (Å²) in [5, 5.41) is 5.23. The van der Waals surface area contributed by atoms with E-state index in [0.717, 1.165) is 44.2 Å². The molecule has 7 nitrogen and oxygen atoms in total. The minimum Gasteiger partial charge on any atom is -0.497 e. The van der Waals surface area contributed by atoms with Gasteiger partial charge in [-0.1, -0.05) is 12.1 Å². The molecule has 126 valence electrons. The highest BCUT2D eigenvalue weighted by atomic mass is 16.5. The van der Waals surface area contributed by atoms with Crippen LogP contribution in [0.5, 0.6) is 5.75 Å². The number of nitrogens with zero attached hydrogens (tertiary/aromatic N) is 1. The van der Waals surface area contributed by atoms with Gasteiger partial charge in [-0.2, -0.15) is 0 Å². The second-order valence-corrected chi connectivity index (χ2v) is 5.24. The number of ether oxygens (including phenoxy) is 2. The number of carbonyl (C=O) groups is 2. The van der Waals surface area contributed by atoms with Crippen molar-refractivity contribution in [3.63, 3.8) is 0 Å². The second kappa shape index (κ2) is 9.12. The smallest absolute Gasteiger partial charge is 0.309 e. The number of rotatable bonds is 6. The first-order chi connectivity index (χ1) is 11.2. The Morgan fingerprint density at radius 2 is 1.78 bits per heavy atom. The third-order valence-electron chi connectivity index (χ3n) is 3.64. The van der Waals surface area contributed by atoms with E-state index in [1.807, 2.05) is 24.3 Å². The molecule has 1 aromatic rings. The lowest BCUT2D eigenvalue weighted by Gasteiger charge is -2.26. The Kier molecular flexibility index (Phi) is 6.83. The van der Waals surface area contributed by atoms with Crippen LogP contribution >= 0.6 is 0 Å². The first-order valence-corrected chi connectivity index (χ1v) is 7.68. The van der Waals surface area contributed by atoms with E-state index in [1.165, 1.54) is 0 Å². The molecule has 1 aliphatic heterocycles. The van der Waals surface area contributed by atoms with Crippen molar-refractivity contribution in [3.8, 4) is 5.75 Å². The highest BCUT2D eigenvalue weighted by molar-refractivity contribution is 6.35. The molecule has 0 bridgehead atoms. The number of morpholine rings is 1. The van der Waals surface area contributed by atoms with Crippen LogP contribution in [0.15, 0.2) is 24.3 Å². The lowest BCUT2D eigenvalue weighted by Crippen LogP contribution is -2.44. The molecule has 2 N–H and O–H groups in total. The van der Waals surface area contributed by atoms with Gasteiger partial charge in [0.05, 0.1) is 20.3 Å². The van der Waals surface area contributed by atoms with Gasteiger partial charge in [-0.15, -0.1) is 0 Å². The van der Waals surface area contributed by atoms with Crippen LogP contribution in [0.1, 0.15) is 5.56 Å². The summed E-state index contributed by atoms with van der Waals surface area (Å²) in [7, 11) is 1.60. The first kappa shape index (κ1) is 17.2. The highest BCUT2D eigenvalue weighted by Crippen LogP contribution is 2.10. The lowest BCUT2D eigenvalue weighted by molar-refractivity contribution is -0.139. The Morgan fingerprint density at radius 3 is 2.43 bits per heavy atom. The topological polar surface area (TPSA) is 79.9 Å². The predicted octanol–water partition coefficient (Wildman–Crippen LogP) is -0.240. The molecule has 0 radical (unpaired) electrons. The summed E-state index contributed by atoms with van der Waals surface area (Å²) in [4.78, 5) is 25.7. The number of amides is 2. The fraction of sp³-hybridized carbons (Fsp3) is 0.500. The quantitative estimate of drug-likeness (QED) is 0.707. The fourth-order valence-electron chi connectivity index (χ4n) is 2.24. The lowest BCUT2D eigenvalue weighted by atomic mass is 10.2. The van der Waals surface area contributed by atoms with Crippen LogP contribution in [-0.4, -0.2) is 63.2 Å². The second-order valence-electron chi connectivity index (χ2n) is 5.24. The van der Waals surface area contributed by atoms with E-state index >= 15 is 0 Å². The van der Waals surface area contributed by atoms with Gasteiger partial charge < -0.3 is 20.1 Å². The van der Waals surface area contributed by atoms with Crippen LogP contribution in [0.25, 0.3) is 0 Å². The Hall–Kier alpha value is -2.12. The standard InChI is InChI=1S/C16H23N3O4/c1-22-14-4-2-13(3-5-14)12-18-16(21)15(20)17-6-7-19-8-10-23-11-9-19/h2-5H,6-12H2,1H3,(H,17,20)(H,18,21). The average molecular weight is 321 g/mol. The van der Waals surface area contributed by atoms with Crippen LogP contribution in [0.2, 0.25) is 0 Å². The van der Waals surface area contributed by atoms with Gasteiger partial charge in [-0.25, -0.2) is 0 Å². The number of nitrogens with one attached hydrogen (secondary N) is 2. The van der Waals surface area contributed by atoms with Gasteiger partial charge in [0.15, 0.2) is 0 Å². The highest BCUT2D eigenvalue weighted by Gasteiger charge is 2.14. The van der Waals surface area contributed by atoms with Crippen LogP contribution in [-0.2, 0) is 20.9 Å². The molecule has 7 heteroatoms. The Labute approximate surface area is 135 Å². The van der Waals surface area contributed by atoms with E-state index in [4.69, 9.17) is 9.47 Å². The Balaban J connectivity index is 1.64. The van der Waals surface area contributed by atoms with Crippen molar-refractivity contribution in [3.05, 3.63) is 29.8 Å². The number of carbonyl (C=O) groups excluding carboxylic acids is 2. The zero-order valence-corrected chi connectivity index (χ0v) is 13.3. The molecular weight excluding hydrogens is 298 g/mol. The normalized spacial score (nSPS) is 15.0. The predicted molar refractivity (Wildman–Crippen MR) is 85.1 cm³/mol. The van der Waals surface area contributed by atoms with Crippen molar-refractivity contribution in [2.24, 2.45) is 0 Å².